The number of aryl methyl sites for hydroxylation is 1. The Bertz CT molecular complexity index is 737. The lowest BCUT2D eigenvalue weighted by Gasteiger charge is -2.23. The number of nitrogens with one attached hydrogen (secondary N) is 2. The Morgan fingerprint density at radius 3 is 2.72 bits per heavy atom. The Kier molecular flexibility index (Phi) is 12.1. The van der Waals surface area contributed by atoms with E-state index in [1.165, 1.54) is 11.1 Å². The van der Waals surface area contributed by atoms with E-state index in [2.05, 4.69) is 34.1 Å². The highest BCUT2D eigenvalue weighted by Gasteiger charge is 2.17. The summed E-state index contributed by atoms with van der Waals surface area (Å²) < 4.78 is 32.7. The Morgan fingerprint density at radius 2 is 2.07 bits per heavy atom. The van der Waals surface area contributed by atoms with Crippen LogP contribution in [0.15, 0.2) is 29.3 Å². The van der Waals surface area contributed by atoms with Crippen LogP contribution < -0.4 is 10.0 Å². The molecule has 166 valence electrons. The molecule has 1 aromatic rings. The molecule has 1 aromatic carbocycles. The molecule has 29 heavy (non-hydrogen) atoms. The van der Waals surface area contributed by atoms with E-state index in [-0.39, 0.29) is 42.4 Å². The van der Waals surface area contributed by atoms with Gasteiger partial charge in [0.2, 0.25) is 10.0 Å². The summed E-state index contributed by atoms with van der Waals surface area (Å²) in [6, 6.07) is 8.22. The van der Waals surface area contributed by atoms with Crippen LogP contribution in [-0.4, -0.2) is 64.4 Å². The van der Waals surface area contributed by atoms with E-state index < -0.39 is 10.0 Å². The van der Waals surface area contributed by atoms with E-state index in [0.29, 0.717) is 19.0 Å². The van der Waals surface area contributed by atoms with Gasteiger partial charge >= 0.3 is 0 Å². The molecular formula is C20H35IN4O3S. The van der Waals surface area contributed by atoms with Gasteiger partial charge in [0.05, 0.1) is 18.4 Å². The fourth-order valence-corrected chi connectivity index (χ4v) is 4.04. The zero-order valence-electron chi connectivity index (χ0n) is 17.7. The maximum atomic E-state index is 12.2. The van der Waals surface area contributed by atoms with Crippen LogP contribution in [0.4, 0.5) is 0 Å². The Hall–Kier alpha value is -0.910. The highest BCUT2D eigenvalue weighted by Crippen LogP contribution is 2.12. The maximum Gasteiger partial charge on any atom is 0.213 e. The molecule has 2 rings (SSSR count). The molecule has 7 nitrogen and oxygen atoms in total. The molecule has 0 spiro atoms. The van der Waals surface area contributed by atoms with Crippen molar-refractivity contribution < 1.29 is 13.2 Å². The third-order valence-electron chi connectivity index (χ3n) is 4.79. The normalized spacial score (nSPS) is 17.5. The molecule has 0 bridgehead atoms. The number of ether oxygens (including phenoxy) is 1. The first kappa shape index (κ1) is 26.1. The van der Waals surface area contributed by atoms with Crippen molar-refractivity contribution in [2.75, 3.05) is 39.0 Å². The average molecular weight is 538 g/mol. The summed E-state index contributed by atoms with van der Waals surface area (Å²) >= 11 is 0. The molecule has 0 saturated carbocycles. The van der Waals surface area contributed by atoms with Gasteiger partial charge in [-0.05, 0) is 44.2 Å². The van der Waals surface area contributed by atoms with Crippen LogP contribution in [0.5, 0.6) is 0 Å². The molecule has 1 fully saturated rings. The lowest BCUT2D eigenvalue weighted by Crippen LogP contribution is -2.40. The van der Waals surface area contributed by atoms with Crippen molar-refractivity contribution in [1.82, 2.24) is 14.9 Å². The Morgan fingerprint density at radius 1 is 1.31 bits per heavy atom. The topological polar surface area (TPSA) is 83.0 Å². The average Bonchev–Trinajstić information content (AvgIpc) is 2.68. The smallest absolute Gasteiger partial charge is 0.213 e. The molecule has 1 atom stereocenters. The van der Waals surface area contributed by atoms with Crippen molar-refractivity contribution in [2.24, 2.45) is 4.99 Å². The zero-order valence-corrected chi connectivity index (χ0v) is 20.8. The summed E-state index contributed by atoms with van der Waals surface area (Å²) in [5.41, 5.74) is 2.44. The number of rotatable bonds is 9. The first-order valence-corrected chi connectivity index (χ1v) is 11.7. The quantitative estimate of drug-likeness (QED) is 0.287. The number of nitrogens with zero attached hydrogens (tertiary/aromatic N) is 2. The van der Waals surface area contributed by atoms with Crippen molar-refractivity contribution >= 4 is 40.0 Å². The Balaban J connectivity index is 0.00000420. The number of sulfonamides is 1. The summed E-state index contributed by atoms with van der Waals surface area (Å²) in [5, 5.41) is 3.23. The van der Waals surface area contributed by atoms with E-state index in [1.807, 2.05) is 31.0 Å². The lowest BCUT2D eigenvalue weighted by molar-refractivity contribution is 0.0200. The highest BCUT2D eigenvalue weighted by molar-refractivity contribution is 14.0. The molecule has 9 heteroatoms. The van der Waals surface area contributed by atoms with Gasteiger partial charge in [-0.3, -0.25) is 4.99 Å². The number of guanidine groups is 1. The summed E-state index contributed by atoms with van der Waals surface area (Å²) in [5.74, 6) is 0.670. The van der Waals surface area contributed by atoms with Crippen LogP contribution in [-0.2, 0) is 21.3 Å². The van der Waals surface area contributed by atoms with Gasteiger partial charge in [-0.15, -0.1) is 24.0 Å². The molecular weight excluding hydrogens is 503 g/mol. The van der Waals surface area contributed by atoms with Crippen LogP contribution in [0, 0.1) is 6.92 Å². The van der Waals surface area contributed by atoms with E-state index in [9.17, 15) is 8.42 Å². The second kappa shape index (κ2) is 13.4. The largest absolute Gasteiger partial charge is 0.377 e. The number of hydrogen-bond acceptors (Lipinski definition) is 4. The summed E-state index contributed by atoms with van der Waals surface area (Å²) in [6.07, 6.45) is 3.05. The van der Waals surface area contributed by atoms with Gasteiger partial charge in [0.25, 0.3) is 0 Å². The molecule has 0 aliphatic carbocycles. The van der Waals surface area contributed by atoms with Crippen molar-refractivity contribution in [1.29, 1.82) is 0 Å². The molecule has 1 unspecified atom stereocenters. The molecule has 0 aromatic heterocycles. The Labute approximate surface area is 192 Å². The van der Waals surface area contributed by atoms with E-state index in [0.717, 1.165) is 32.4 Å². The van der Waals surface area contributed by atoms with Crippen LogP contribution in [0.3, 0.4) is 0 Å². The van der Waals surface area contributed by atoms with Crippen LogP contribution in [0.1, 0.15) is 37.3 Å². The minimum atomic E-state index is -3.37. The van der Waals surface area contributed by atoms with Crippen molar-refractivity contribution in [3.05, 3.63) is 35.4 Å². The third-order valence-corrected chi connectivity index (χ3v) is 6.12. The van der Waals surface area contributed by atoms with Gasteiger partial charge in [0, 0.05) is 33.3 Å². The third kappa shape index (κ3) is 9.63. The van der Waals surface area contributed by atoms with Gasteiger partial charge in [-0.25, -0.2) is 13.1 Å². The van der Waals surface area contributed by atoms with Crippen LogP contribution >= 0.6 is 24.0 Å². The van der Waals surface area contributed by atoms with E-state index >= 15 is 0 Å². The van der Waals surface area contributed by atoms with Gasteiger partial charge in [0.1, 0.15) is 0 Å². The monoisotopic (exact) mass is 538 g/mol. The molecule has 1 heterocycles. The highest BCUT2D eigenvalue weighted by atomic mass is 127. The molecule has 0 radical (unpaired) electrons. The summed E-state index contributed by atoms with van der Waals surface area (Å²) in [7, 11) is -1.41. The number of halogens is 1. The minimum absolute atomic E-state index is 0. The molecule has 1 aliphatic rings. The molecule has 1 saturated heterocycles. The molecule has 0 amide bonds. The van der Waals surface area contributed by atoms with Crippen molar-refractivity contribution in [3.63, 3.8) is 0 Å². The van der Waals surface area contributed by atoms with E-state index in [4.69, 9.17) is 4.74 Å². The summed E-state index contributed by atoms with van der Waals surface area (Å²) in [6.45, 7) is 6.79. The first-order valence-electron chi connectivity index (χ1n) is 10.0. The second-order valence-corrected chi connectivity index (χ2v) is 9.10. The minimum Gasteiger partial charge on any atom is -0.377 e. The molecule has 1 aliphatic heterocycles. The van der Waals surface area contributed by atoms with Gasteiger partial charge in [0.15, 0.2) is 5.96 Å². The number of hydrogen-bond donors (Lipinski definition) is 2. The standard InChI is InChI=1S/C20H34N4O3S.HI/c1-4-21-20(24(3)16-18-10-6-5-9-17(18)2)22-12-14-28(25,26)23-15-19-11-7-8-13-27-19;/h5-6,9-10,19,23H,4,7-8,11-16H2,1-3H3,(H,21,22);1H. The predicted octanol–water partition coefficient (Wildman–Crippen LogP) is 2.50. The van der Waals surface area contributed by atoms with Gasteiger partial charge in [-0.1, -0.05) is 24.3 Å². The molecule has 2 N–H and O–H groups in total. The number of aliphatic imine (C=N–C) groups is 1. The van der Waals surface area contributed by atoms with Crippen LogP contribution in [0.25, 0.3) is 0 Å². The zero-order chi connectivity index (χ0) is 20.4. The van der Waals surface area contributed by atoms with Crippen LogP contribution in [0.2, 0.25) is 0 Å². The van der Waals surface area contributed by atoms with E-state index in [1.54, 1.807) is 0 Å². The van der Waals surface area contributed by atoms with Crippen molar-refractivity contribution in [3.8, 4) is 0 Å². The predicted molar refractivity (Wildman–Crippen MR) is 129 cm³/mol. The fourth-order valence-electron chi connectivity index (χ4n) is 3.12. The van der Waals surface area contributed by atoms with Crippen molar-refractivity contribution in [2.45, 2.75) is 45.8 Å². The SMILES string of the molecule is CCNC(=NCCS(=O)(=O)NCC1CCCCO1)N(C)Cc1ccccc1C.I. The fraction of sp³-hybridized carbons (Fsp3) is 0.650. The van der Waals surface area contributed by atoms with Gasteiger partial charge < -0.3 is 15.0 Å². The number of benzene rings is 1. The lowest BCUT2D eigenvalue weighted by atomic mass is 10.1. The van der Waals surface area contributed by atoms with Gasteiger partial charge in [-0.2, -0.15) is 0 Å². The maximum absolute atomic E-state index is 12.2. The summed E-state index contributed by atoms with van der Waals surface area (Å²) in [4.78, 5) is 6.52. The second-order valence-electron chi connectivity index (χ2n) is 7.17. The first-order chi connectivity index (χ1) is 13.4.